The Morgan fingerprint density at radius 1 is 1.39 bits per heavy atom. The lowest BCUT2D eigenvalue weighted by Crippen LogP contribution is -2.38. The predicted molar refractivity (Wildman–Crippen MR) is 61.6 cm³/mol. The highest BCUT2D eigenvalue weighted by Crippen LogP contribution is 2.37. The van der Waals surface area contributed by atoms with Gasteiger partial charge in [0.2, 0.25) is 0 Å². The van der Waals surface area contributed by atoms with Crippen molar-refractivity contribution in [1.82, 2.24) is 5.32 Å². The summed E-state index contributed by atoms with van der Waals surface area (Å²) in [6.07, 6.45) is -2.91. The lowest BCUT2D eigenvalue weighted by Gasteiger charge is -2.14. The van der Waals surface area contributed by atoms with Crippen LogP contribution in [0.1, 0.15) is 28.8 Å². The molecule has 98 valence electrons. The number of hydrogen-bond donors (Lipinski definition) is 1. The van der Waals surface area contributed by atoms with Gasteiger partial charge in [-0.25, -0.2) is 0 Å². The van der Waals surface area contributed by atoms with Crippen molar-refractivity contribution in [3.05, 3.63) is 35.4 Å². The number of carbonyl (C=O) groups excluding carboxylic acids is 1. The molecule has 18 heavy (non-hydrogen) atoms. The molecule has 0 saturated heterocycles. The Labute approximate surface area is 107 Å². The summed E-state index contributed by atoms with van der Waals surface area (Å²) in [6.45, 7) is 0. The van der Waals surface area contributed by atoms with Crippen LogP contribution < -0.4 is 5.32 Å². The molecule has 0 heterocycles. The molecule has 1 amide bonds. The van der Waals surface area contributed by atoms with E-state index in [9.17, 15) is 18.0 Å². The first-order valence-corrected chi connectivity index (χ1v) is 5.95. The Morgan fingerprint density at radius 3 is 2.56 bits per heavy atom. The fourth-order valence-corrected chi connectivity index (χ4v) is 1.93. The van der Waals surface area contributed by atoms with Gasteiger partial charge >= 0.3 is 6.18 Å². The van der Waals surface area contributed by atoms with Gasteiger partial charge in [-0.05, 0) is 31.0 Å². The van der Waals surface area contributed by atoms with Crippen molar-refractivity contribution in [2.45, 2.75) is 24.6 Å². The van der Waals surface area contributed by atoms with Crippen LogP contribution in [-0.4, -0.2) is 17.3 Å². The standard InChI is InChI=1S/C12H11ClF3NO/c13-7-11(4-5-11)17-10(18)8-2-1-3-9(6-8)12(14,15)16/h1-3,6H,4-5,7H2,(H,17,18). The number of amides is 1. The lowest BCUT2D eigenvalue weighted by molar-refractivity contribution is -0.137. The van der Waals surface area contributed by atoms with Crippen LogP contribution in [0.3, 0.4) is 0 Å². The van der Waals surface area contributed by atoms with Crippen molar-refractivity contribution in [2.24, 2.45) is 0 Å². The number of benzene rings is 1. The van der Waals surface area contributed by atoms with E-state index in [-0.39, 0.29) is 11.4 Å². The number of nitrogens with one attached hydrogen (secondary N) is 1. The molecule has 0 radical (unpaired) electrons. The minimum atomic E-state index is -4.44. The summed E-state index contributed by atoms with van der Waals surface area (Å²) in [5.41, 5.74) is -1.25. The first-order valence-electron chi connectivity index (χ1n) is 5.42. The van der Waals surface area contributed by atoms with Gasteiger partial charge in [0.25, 0.3) is 5.91 Å². The number of rotatable bonds is 3. The molecule has 0 atom stereocenters. The fourth-order valence-electron chi connectivity index (χ4n) is 1.59. The quantitative estimate of drug-likeness (QED) is 0.845. The van der Waals surface area contributed by atoms with Crippen molar-refractivity contribution < 1.29 is 18.0 Å². The highest BCUT2D eigenvalue weighted by atomic mass is 35.5. The number of alkyl halides is 4. The van der Waals surface area contributed by atoms with E-state index in [1.54, 1.807) is 0 Å². The summed E-state index contributed by atoms with van der Waals surface area (Å²) in [5.74, 6) is -0.239. The molecule has 1 N–H and O–H groups in total. The summed E-state index contributed by atoms with van der Waals surface area (Å²) >= 11 is 5.70. The summed E-state index contributed by atoms with van der Waals surface area (Å²) in [5, 5.41) is 2.67. The molecule has 1 aromatic rings. The van der Waals surface area contributed by atoms with E-state index in [0.717, 1.165) is 25.0 Å². The van der Waals surface area contributed by atoms with Crippen molar-refractivity contribution in [1.29, 1.82) is 0 Å². The second kappa shape index (κ2) is 4.46. The molecule has 1 aliphatic rings. The van der Waals surface area contributed by atoms with E-state index in [1.165, 1.54) is 12.1 Å². The minimum Gasteiger partial charge on any atom is -0.345 e. The van der Waals surface area contributed by atoms with E-state index < -0.39 is 23.2 Å². The third-order valence-corrected chi connectivity index (χ3v) is 3.45. The third-order valence-electron chi connectivity index (χ3n) is 2.94. The van der Waals surface area contributed by atoms with Crippen LogP contribution in [0.15, 0.2) is 24.3 Å². The number of halogens is 4. The lowest BCUT2D eigenvalue weighted by atomic mass is 10.1. The van der Waals surface area contributed by atoms with Crippen molar-refractivity contribution in [3.63, 3.8) is 0 Å². The maximum atomic E-state index is 12.5. The van der Waals surface area contributed by atoms with Gasteiger partial charge in [-0.2, -0.15) is 13.2 Å². The van der Waals surface area contributed by atoms with Gasteiger partial charge < -0.3 is 5.32 Å². The highest BCUT2D eigenvalue weighted by molar-refractivity contribution is 6.19. The van der Waals surface area contributed by atoms with E-state index in [1.807, 2.05) is 0 Å². The predicted octanol–water partition coefficient (Wildman–Crippen LogP) is 3.21. The van der Waals surface area contributed by atoms with Gasteiger partial charge in [0.05, 0.1) is 11.1 Å². The molecule has 0 bridgehead atoms. The van der Waals surface area contributed by atoms with Crippen LogP contribution in [0.5, 0.6) is 0 Å². The van der Waals surface area contributed by atoms with Crippen molar-refractivity contribution in [2.75, 3.05) is 5.88 Å². The molecular formula is C12H11ClF3NO. The largest absolute Gasteiger partial charge is 0.416 e. The van der Waals surface area contributed by atoms with Crippen molar-refractivity contribution >= 4 is 17.5 Å². The molecule has 2 nitrogen and oxygen atoms in total. The number of carbonyl (C=O) groups is 1. The first-order chi connectivity index (χ1) is 8.36. The van der Waals surface area contributed by atoms with Crippen LogP contribution in [-0.2, 0) is 6.18 Å². The van der Waals surface area contributed by atoms with Gasteiger partial charge in [0.1, 0.15) is 0 Å². The maximum Gasteiger partial charge on any atom is 0.416 e. The normalized spacial score (nSPS) is 17.3. The Hall–Kier alpha value is -1.23. The summed E-state index contributed by atoms with van der Waals surface area (Å²) < 4.78 is 37.5. The zero-order chi connectivity index (χ0) is 13.4. The molecule has 0 spiro atoms. The average molecular weight is 278 g/mol. The first kappa shape index (κ1) is 13.2. The molecule has 0 aromatic heterocycles. The summed E-state index contributed by atoms with van der Waals surface area (Å²) in [6, 6.07) is 4.36. The molecule has 1 aliphatic carbocycles. The Bertz CT molecular complexity index is 469. The molecule has 0 aliphatic heterocycles. The minimum absolute atomic E-state index is 0.00113. The molecule has 2 rings (SSSR count). The fraction of sp³-hybridized carbons (Fsp3) is 0.417. The molecular weight excluding hydrogens is 267 g/mol. The highest BCUT2D eigenvalue weighted by Gasteiger charge is 2.43. The van der Waals surface area contributed by atoms with E-state index in [2.05, 4.69) is 5.32 Å². The second-order valence-corrected chi connectivity index (χ2v) is 4.71. The van der Waals surface area contributed by atoms with Gasteiger partial charge in [-0.1, -0.05) is 6.07 Å². The van der Waals surface area contributed by atoms with E-state index in [4.69, 9.17) is 11.6 Å². The van der Waals surface area contributed by atoms with Gasteiger partial charge in [-0.3, -0.25) is 4.79 Å². The number of hydrogen-bond acceptors (Lipinski definition) is 1. The van der Waals surface area contributed by atoms with Crippen LogP contribution >= 0.6 is 11.6 Å². The van der Waals surface area contributed by atoms with Gasteiger partial charge in [0, 0.05) is 11.4 Å². The smallest absolute Gasteiger partial charge is 0.345 e. The van der Waals surface area contributed by atoms with E-state index in [0.29, 0.717) is 0 Å². The van der Waals surface area contributed by atoms with E-state index >= 15 is 0 Å². The molecule has 0 unspecified atom stereocenters. The van der Waals surface area contributed by atoms with Crippen LogP contribution in [0.4, 0.5) is 13.2 Å². The topological polar surface area (TPSA) is 29.1 Å². The monoisotopic (exact) mass is 277 g/mol. The SMILES string of the molecule is O=C(NC1(CCl)CC1)c1cccc(C(F)(F)F)c1. The average Bonchev–Trinajstić information content (AvgIpc) is 3.08. The van der Waals surface area contributed by atoms with Crippen LogP contribution in [0, 0.1) is 0 Å². The zero-order valence-corrected chi connectivity index (χ0v) is 10.1. The van der Waals surface area contributed by atoms with Gasteiger partial charge in [-0.15, -0.1) is 11.6 Å². The molecule has 1 saturated carbocycles. The maximum absolute atomic E-state index is 12.5. The Balaban J connectivity index is 2.16. The third kappa shape index (κ3) is 2.77. The zero-order valence-electron chi connectivity index (χ0n) is 9.35. The molecule has 1 aromatic carbocycles. The summed E-state index contributed by atoms with van der Waals surface area (Å²) in [4.78, 5) is 11.8. The van der Waals surface area contributed by atoms with Gasteiger partial charge in [0.15, 0.2) is 0 Å². The van der Waals surface area contributed by atoms with Crippen molar-refractivity contribution in [3.8, 4) is 0 Å². The second-order valence-electron chi connectivity index (χ2n) is 4.45. The van der Waals surface area contributed by atoms with Crippen LogP contribution in [0.25, 0.3) is 0 Å². The summed E-state index contributed by atoms with van der Waals surface area (Å²) in [7, 11) is 0. The Morgan fingerprint density at radius 2 is 2.06 bits per heavy atom. The molecule has 6 heteroatoms. The Kier molecular flexibility index (Phi) is 3.27. The molecule has 1 fully saturated rings. The van der Waals surface area contributed by atoms with Crippen LogP contribution in [0.2, 0.25) is 0 Å².